The summed E-state index contributed by atoms with van der Waals surface area (Å²) in [5.74, 6) is 0.708. The summed E-state index contributed by atoms with van der Waals surface area (Å²) >= 11 is 1.73. The van der Waals surface area contributed by atoms with Gasteiger partial charge in [0.1, 0.15) is 5.60 Å². The van der Waals surface area contributed by atoms with E-state index in [4.69, 9.17) is 4.74 Å². The van der Waals surface area contributed by atoms with Crippen LogP contribution in [0.2, 0.25) is 0 Å². The summed E-state index contributed by atoms with van der Waals surface area (Å²) in [5, 5.41) is 10.2. The van der Waals surface area contributed by atoms with Crippen LogP contribution in [0.3, 0.4) is 0 Å². The lowest BCUT2D eigenvalue weighted by molar-refractivity contribution is 0.0529. The van der Waals surface area contributed by atoms with Crippen LogP contribution in [0.25, 0.3) is 0 Å². The molecule has 1 amide bonds. The molecule has 0 saturated heterocycles. The van der Waals surface area contributed by atoms with Gasteiger partial charge in [-0.15, -0.1) is 35.3 Å². The lowest BCUT2D eigenvalue weighted by Gasteiger charge is -2.19. The largest absolute Gasteiger partial charge is 0.444 e. The number of nitrogens with zero attached hydrogens (tertiary/aromatic N) is 2. The molecule has 0 bridgehead atoms. The van der Waals surface area contributed by atoms with Gasteiger partial charge in [0.15, 0.2) is 5.96 Å². The number of amides is 1. The maximum atomic E-state index is 11.5. The average Bonchev–Trinajstić information content (AvgIpc) is 2.77. The fourth-order valence-corrected chi connectivity index (χ4v) is 2.92. The van der Waals surface area contributed by atoms with Crippen molar-refractivity contribution in [2.75, 3.05) is 26.7 Å². The van der Waals surface area contributed by atoms with Crippen LogP contribution in [0.5, 0.6) is 0 Å². The molecule has 0 saturated carbocycles. The molecule has 144 valence electrons. The first-order valence-corrected chi connectivity index (χ1v) is 8.87. The van der Waals surface area contributed by atoms with Gasteiger partial charge in [-0.05, 0) is 34.6 Å². The molecule has 0 fully saturated rings. The summed E-state index contributed by atoms with van der Waals surface area (Å²) in [5.41, 5.74) is 0.617. The molecule has 1 heterocycles. The summed E-state index contributed by atoms with van der Waals surface area (Å²) in [7, 11) is 1.72. The average molecular weight is 483 g/mol. The molecule has 0 spiro atoms. The molecule has 0 aromatic carbocycles. The van der Waals surface area contributed by atoms with Gasteiger partial charge in [-0.3, -0.25) is 4.99 Å². The van der Waals surface area contributed by atoms with E-state index in [0.29, 0.717) is 19.0 Å². The Labute approximate surface area is 171 Å². The first-order chi connectivity index (χ1) is 11.2. The van der Waals surface area contributed by atoms with Crippen molar-refractivity contribution in [3.05, 3.63) is 15.6 Å². The van der Waals surface area contributed by atoms with Crippen LogP contribution in [0.1, 0.15) is 36.3 Å². The van der Waals surface area contributed by atoms with Crippen molar-refractivity contribution in [3.8, 4) is 0 Å². The number of thiazole rings is 1. The fourth-order valence-electron chi connectivity index (χ4n) is 1.98. The molecule has 0 unspecified atom stereocenters. The first kappa shape index (κ1) is 23.9. The zero-order chi connectivity index (χ0) is 18.2. The monoisotopic (exact) mass is 483 g/mol. The van der Waals surface area contributed by atoms with Gasteiger partial charge in [-0.2, -0.15) is 0 Å². The summed E-state index contributed by atoms with van der Waals surface area (Å²) in [6.45, 7) is 11.4. The zero-order valence-electron chi connectivity index (χ0n) is 15.9. The van der Waals surface area contributed by atoms with E-state index in [9.17, 15) is 4.79 Å². The van der Waals surface area contributed by atoms with Crippen LogP contribution in [-0.4, -0.2) is 49.3 Å². The Morgan fingerprint density at radius 3 is 2.28 bits per heavy atom. The number of ether oxygens (including phenoxy) is 1. The molecule has 3 N–H and O–H groups in total. The van der Waals surface area contributed by atoms with Crippen molar-refractivity contribution >= 4 is 47.4 Å². The number of aryl methyl sites for hydroxylation is 2. The zero-order valence-corrected chi connectivity index (χ0v) is 19.0. The number of alkyl carbamates (subject to hydrolysis) is 1. The molecule has 1 aromatic rings. The SMILES string of the molecule is CN=C(NCCNC(=O)OC(C)(C)C)NCCc1sc(C)nc1C.I. The third-order valence-corrected chi connectivity index (χ3v) is 4.09. The number of carbonyl (C=O) groups is 1. The maximum Gasteiger partial charge on any atom is 0.407 e. The van der Waals surface area contributed by atoms with Crippen molar-refractivity contribution in [1.29, 1.82) is 0 Å². The quantitative estimate of drug-likeness (QED) is 0.251. The Morgan fingerprint density at radius 2 is 1.76 bits per heavy atom. The predicted molar refractivity (Wildman–Crippen MR) is 114 cm³/mol. The Kier molecular flexibility index (Phi) is 11.0. The minimum atomic E-state index is -0.484. The van der Waals surface area contributed by atoms with E-state index in [0.717, 1.165) is 23.7 Å². The number of hydrogen-bond donors (Lipinski definition) is 3. The van der Waals surface area contributed by atoms with E-state index >= 15 is 0 Å². The molecule has 0 radical (unpaired) electrons. The van der Waals surface area contributed by atoms with Crippen molar-refractivity contribution < 1.29 is 9.53 Å². The van der Waals surface area contributed by atoms with E-state index < -0.39 is 11.7 Å². The first-order valence-electron chi connectivity index (χ1n) is 8.05. The lowest BCUT2D eigenvalue weighted by atomic mass is 10.2. The third kappa shape index (κ3) is 10.5. The Morgan fingerprint density at radius 1 is 1.16 bits per heavy atom. The summed E-state index contributed by atoms with van der Waals surface area (Å²) in [6.07, 6.45) is 0.497. The highest BCUT2D eigenvalue weighted by Crippen LogP contribution is 2.16. The lowest BCUT2D eigenvalue weighted by Crippen LogP contribution is -2.42. The van der Waals surface area contributed by atoms with Crippen molar-refractivity contribution in [3.63, 3.8) is 0 Å². The maximum absolute atomic E-state index is 11.5. The standard InChI is InChI=1S/C16H29N5O2S.HI/c1-11-13(24-12(2)21-11)7-8-18-14(17-6)19-9-10-20-15(22)23-16(3,4)5;/h7-10H2,1-6H3,(H,20,22)(H2,17,18,19);1H. The van der Waals surface area contributed by atoms with E-state index in [1.807, 2.05) is 34.6 Å². The summed E-state index contributed by atoms with van der Waals surface area (Å²) in [4.78, 5) is 21.4. The minimum absolute atomic E-state index is 0. The van der Waals surface area contributed by atoms with E-state index in [2.05, 4.69) is 25.9 Å². The van der Waals surface area contributed by atoms with Crippen molar-refractivity contribution in [2.45, 2.75) is 46.6 Å². The number of halogens is 1. The molecular formula is C16H30IN5O2S. The minimum Gasteiger partial charge on any atom is -0.444 e. The topological polar surface area (TPSA) is 87.6 Å². The van der Waals surface area contributed by atoms with E-state index in [1.165, 1.54) is 4.88 Å². The van der Waals surface area contributed by atoms with Gasteiger partial charge >= 0.3 is 6.09 Å². The number of nitrogens with one attached hydrogen (secondary N) is 3. The summed E-state index contributed by atoms with van der Waals surface area (Å²) in [6, 6.07) is 0. The van der Waals surface area contributed by atoms with Gasteiger partial charge in [-0.25, -0.2) is 9.78 Å². The van der Waals surface area contributed by atoms with Gasteiger partial charge in [0.2, 0.25) is 0 Å². The fraction of sp³-hybridized carbons (Fsp3) is 0.688. The number of guanidine groups is 1. The van der Waals surface area contributed by atoms with Crippen molar-refractivity contribution in [2.24, 2.45) is 4.99 Å². The van der Waals surface area contributed by atoms with E-state index in [1.54, 1.807) is 18.4 Å². The highest BCUT2D eigenvalue weighted by molar-refractivity contribution is 14.0. The number of hydrogen-bond acceptors (Lipinski definition) is 5. The molecule has 9 heteroatoms. The highest BCUT2D eigenvalue weighted by atomic mass is 127. The molecule has 0 aliphatic carbocycles. The van der Waals surface area contributed by atoms with Crippen LogP contribution in [0.4, 0.5) is 4.79 Å². The second kappa shape index (κ2) is 11.5. The number of aliphatic imine (C=N–C) groups is 1. The summed E-state index contributed by atoms with van der Waals surface area (Å²) < 4.78 is 5.17. The van der Waals surface area contributed by atoms with Crippen LogP contribution in [0.15, 0.2) is 4.99 Å². The normalized spacial score (nSPS) is 11.5. The van der Waals surface area contributed by atoms with Crippen LogP contribution in [-0.2, 0) is 11.2 Å². The smallest absolute Gasteiger partial charge is 0.407 e. The molecule has 0 aliphatic rings. The Bertz CT molecular complexity index is 569. The molecule has 0 aliphatic heterocycles. The van der Waals surface area contributed by atoms with Crippen LogP contribution in [0, 0.1) is 13.8 Å². The Hall–Kier alpha value is -1.10. The van der Waals surface area contributed by atoms with Crippen molar-refractivity contribution in [1.82, 2.24) is 20.9 Å². The van der Waals surface area contributed by atoms with Crippen LogP contribution < -0.4 is 16.0 Å². The Balaban J connectivity index is 0.00000576. The highest BCUT2D eigenvalue weighted by Gasteiger charge is 2.15. The van der Waals surface area contributed by atoms with Gasteiger partial charge in [-0.1, -0.05) is 0 Å². The second-order valence-corrected chi connectivity index (χ2v) is 7.63. The second-order valence-electron chi connectivity index (χ2n) is 6.35. The van der Waals surface area contributed by atoms with Crippen LogP contribution >= 0.6 is 35.3 Å². The molecule has 25 heavy (non-hydrogen) atoms. The number of rotatable bonds is 6. The van der Waals surface area contributed by atoms with Gasteiger partial charge in [0, 0.05) is 38.0 Å². The number of carbonyl (C=O) groups excluding carboxylic acids is 1. The van der Waals surface area contributed by atoms with Gasteiger partial charge in [0.05, 0.1) is 10.7 Å². The predicted octanol–water partition coefficient (Wildman–Crippen LogP) is 2.61. The third-order valence-electron chi connectivity index (χ3n) is 2.95. The molecule has 1 rings (SSSR count). The molecule has 7 nitrogen and oxygen atoms in total. The molecular weight excluding hydrogens is 453 g/mol. The molecule has 0 atom stereocenters. The number of aromatic nitrogens is 1. The molecule has 1 aromatic heterocycles. The van der Waals surface area contributed by atoms with Gasteiger partial charge in [0.25, 0.3) is 0 Å². The van der Waals surface area contributed by atoms with E-state index in [-0.39, 0.29) is 24.0 Å². The van der Waals surface area contributed by atoms with Gasteiger partial charge < -0.3 is 20.7 Å².